The summed E-state index contributed by atoms with van der Waals surface area (Å²) >= 11 is 0. The Morgan fingerprint density at radius 3 is 2.53 bits per heavy atom. The van der Waals surface area contributed by atoms with E-state index in [0.29, 0.717) is 12.5 Å². The summed E-state index contributed by atoms with van der Waals surface area (Å²) in [5, 5.41) is 0. The second kappa shape index (κ2) is 6.71. The first-order valence-corrected chi connectivity index (χ1v) is 7.77. The standard InChI is InChI=1S/C15H28N2O2/c1-13-6-7-15(10-13,12-16)19-11-14(18)17-8-4-2-3-5-9-17/h13H,2-12,16H2,1H3. The summed E-state index contributed by atoms with van der Waals surface area (Å²) < 4.78 is 5.95. The first-order chi connectivity index (χ1) is 9.15. The largest absolute Gasteiger partial charge is 0.364 e. The van der Waals surface area contributed by atoms with Gasteiger partial charge in [0.1, 0.15) is 6.61 Å². The number of nitrogens with two attached hydrogens (primary N) is 1. The number of carbonyl (C=O) groups is 1. The van der Waals surface area contributed by atoms with Crippen LogP contribution < -0.4 is 5.73 Å². The van der Waals surface area contributed by atoms with Crippen molar-refractivity contribution in [3.63, 3.8) is 0 Å². The SMILES string of the molecule is CC1CCC(CN)(OCC(=O)N2CCCCCC2)C1. The van der Waals surface area contributed by atoms with Gasteiger partial charge < -0.3 is 15.4 Å². The molecule has 4 heteroatoms. The zero-order valence-corrected chi connectivity index (χ0v) is 12.2. The van der Waals surface area contributed by atoms with E-state index in [4.69, 9.17) is 10.5 Å². The van der Waals surface area contributed by atoms with Gasteiger partial charge in [-0.15, -0.1) is 0 Å². The van der Waals surface area contributed by atoms with Crippen molar-refractivity contribution in [1.29, 1.82) is 0 Å². The van der Waals surface area contributed by atoms with Crippen LogP contribution in [0.5, 0.6) is 0 Å². The summed E-state index contributed by atoms with van der Waals surface area (Å²) in [6.45, 7) is 4.77. The Bertz CT molecular complexity index is 301. The van der Waals surface area contributed by atoms with Crippen molar-refractivity contribution in [1.82, 2.24) is 4.90 Å². The van der Waals surface area contributed by atoms with E-state index in [-0.39, 0.29) is 18.1 Å². The van der Waals surface area contributed by atoms with Crippen LogP contribution in [-0.2, 0) is 9.53 Å². The van der Waals surface area contributed by atoms with E-state index in [1.807, 2.05) is 4.90 Å². The van der Waals surface area contributed by atoms with E-state index in [0.717, 1.165) is 45.2 Å². The maximum Gasteiger partial charge on any atom is 0.248 e. The fourth-order valence-corrected chi connectivity index (χ4v) is 3.35. The molecule has 0 spiro atoms. The number of nitrogens with zero attached hydrogens (tertiary/aromatic N) is 1. The maximum atomic E-state index is 12.2. The fourth-order valence-electron chi connectivity index (χ4n) is 3.35. The average molecular weight is 268 g/mol. The molecule has 0 aromatic rings. The minimum atomic E-state index is -0.235. The van der Waals surface area contributed by atoms with E-state index in [1.54, 1.807) is 0 Å². The van der Waals surface area contributed by atoms with E-state index in [9.17, 15) is 4.79 Å². The van der Waals surface area contributed by atoms with Crippen molar-refractivity contribution < 1.29 is 9.53 Å². The molecule has 2 rings (SSSR count). The van der Waals surface area contributed by atoms with Gasteiger partial charge in [-0.2, -0.15) is 0 Å². The fraction of sp³-hybridized carbons (Fsp3) is 0.933. The van der Waals surface area contributed by atoms with E-state index >= 15 is 0 Å². The van der Waals surface area contributed by atoms with Gasteiger partial charge in [-0.05, 0) is 38.0 Å². The molecule has 0 aromatic carbocycles. The first-order valence-electron chi connectivity index (χ1n) is 7.77. The minimum Gasteiger partial charge on any atom is -0.364 e. The van der Waals surface area contributed by atoms with Crippen molar-refractivity contribution in [3.8, 4) is 0 Å². The summed E-state index contributed by atoms with van der Waals surface area (Å²) in [5.41, 5.74) is 5.64. The molecule has 2 fully saturated rings. The number of likely N-dealkylation sites (tertiary alicyclic amines) is 1. The van der Waals surface area contributed by atoms with Crippen LogP contribution in [0.3, 0.4) is 0 Å². The molecule has 1 saturated carbocycles. The molecule has 19 heavy (non-hydrogen) atoms. The predicted molar refractivity (Wildman–Crippen MR) is 75.8 cm³/mol. The lowest BCUT2D eigenvalue weighted by Crippen LogP contribution is -2.43. The number of rotatable bonds is 4. The zero-order valence-electron chi connectivity index (χ0n) is 12.2. The van der Waals surface area contributed by atoms with Crippen molar-refractivity contribution in [3.05, 3.63) is 0 Å². The first kappa shape index (κ1) is 14.8. The summed E-state index contributed by atoms with van der Waals surface area (Å²) in [4.78, 5) is 14.2. The lowest BCUT2D eigenvalue weighted by atomic mass is 10.0. The van der Waals surface area contributed by atoms with Crippen LogP contribution in [0, 0.1) is 5.92 Å². The number of carbonyl (C=O) groups excluding carboxylic acids is 1. The van der Waals surface area contributed by atoms with Crippen LogP contribution in [-0.4, -0.2) is 42.6 Å². The maximum absolute atomic E-state index is 12.2. The Morgan fingerprint density at radius 2 is 2.00 bits per heavy atom. The molecule has 1 aliphatic heterocycles. The van der Waals surface area contributed by atoms with Gasteiger partial charge in [0.2, 0.25) is 5.91 Å². The highest BCUT2D eigenvalue weighted by atomic mass is 16.5. The van der Waals surface area contributed by atoms with Crippen molar-refractivity contribution in [2.45, 2.75) is 57.5 Å². The molecule has 0 radical (unpaired) electrons. The number of ether oxygens (including phenoxy) is 1. The summed E-state index contributed by atoms with van der Waals surface area (Å²) in [7, 11) is 0. The molecular formula is C15H28N2O2. The molecule has 2 aliphatic rings. The van der Waals surface area contributed by atoms with Crippen molar-refractivity contribution in [2.24, 2.45) is 11.7 Å². The molecule has 0 aromatic heterocycles. The molecule has 4 nitrogen and oxygen atoms in total. The van der Waals surface area contributed by atoms with Crippen LogP contribution in [0.25, 0.3) is 0 Å². The Hall–Kier alpha value is -0.610. The van der Waals surface area contributed by atoms with Gasteiger partial charge in [0.25, 0.3) is 0 Å². The van der Waals surface area contributed by atoms with Gasteiger partial charge in [0.15, 0.2) is 0 Å². The Labute approximate surface area is 116 Å². The van der Waals surface area contributed by atoms with Crippen LogP contribution in [0.1, 0.15) is 51.9 Å². The van der Waals surface area contributed by atoms with Crippen molar-refractivity contribution in [2.75, 3.05) is 26.2 Å². The van der Waals surface area contributed by atoms with Gasteiger partial charge in [0.05, 0.1) is 5.60 Å². The van der Waals surface area contributed by atoms with Crippen molar-refractivity contribution >= 4 is 5.91 Å². The number of amides is 1. The second-order valence-corrected chi connectivity index (χ2v) is 6.32. The Morgan fingerprint density at radius 1 is 1.32 bits per heavy atom. The molecule has 2 N–H and O–H groups in total. The van der Waals surface area contributed by atoms with Gasteiger partial charge in [0, 0.05) is 19.6 Å². The third-order valence-corrected chi connectivity index (χ3v) is 4.65. The highest BCUT2D eigenvalue weighted by Gasteiger charge is 2.38. The molecular weight excluding hydrogens is 240 g/mol. The molecule has 1 amide bonds. The van der Waals surface area contributed by atoms with Gasteiger partial charge in [-0.1, -0.05) is 19.8 Å². The lowest BCUT2D eigenvalue weighted by molar-refractivity contribution is -0.143. The molecule has 2 atom stereocenters. The van der Waals surface area contributed by atoms with Crippen LogP contribution in [0.15, 0.2) is 0 Å². The van der Waals surface area contributed by atoms with E-state index < -0.39 is 0 Å². The third-order valence-electron chi connectivity index (χ3n) is 4.65. The molecule has 110 valence electrons. The number of hydrogen-bond donors (Lipinski definition) is 1. The minimum absolute atomic E-state index is 0.147. The number of hydrogen-bond acceptors (Lipinski definition) is 3. The van der Waals surface area contributed by atoms with Gasteiger partial charge in [-0.3, -0.25) is 4.79 Å². The highest BCUT2D eigenvalue weighted by molar-refractivity contribution is 5.77. The monoisotopic (exact) mass is 268 g/mol. The van der Waals surface area contributed by atoms with Crippen LogP contribution in [0.4, 0.5) is 0 Å². The van der Waals surface area contributed by atoms with Gasteiger partial charge >= 0.3 is 0 Å². The molecule has 1 aliphatic carbocycles. The topological polar surface area (TPSA) is 55.6 Å². The smallest absolute Gasteiger partial charge is 0.248 e. The Balaban J connectivity index is 1.81. The van der Waals surface area contributed by atoms with E-state index in [1.165, 1.54) is 12.8 Å². The normalized spacial score (nSPS) is 32.3. The summed E-state index contributed by atoms with van der Waals surface area (Å²) in [6.07, 6.45) is 7.91. The average Bonchev–Trinajstić information content (AvgIpc) is 2.64. The quantitative estimate of drug-likeness (QED) is 0.847. The Kier molecular flexibility index (Phi) is 5.22. The molecule has 2 unspecified atom stereocenters. The lowest BCUT2D eigenvalue weighted by Gasteiger charge is -2.29. The zero-order chi connectivity index (χ0) is 13.7. The highest BCUT2D eigenvalue weighted by Crippen LogP contribution is 2.36. The second-order valence-electron chi connectivity index (χ2n) is 6.32. The molecule has 1 saturated heterocycles. The predicted octanol–water partition coefficient (Wildman–Crippen LogP) is 1.92. The molecule has 1 heterocycles. The third kappa shape index (κ3) is 3.93. The summed E-state index contributed by atoms with van der Waals surface area (Å²) in [5.74, 6) is 0.811. The summed E-state index contributed by atoms with van der Waals surface area (Å²) in [6, 6.07) is 0. The van der Waals surface area contributed by atoms with Crippen LogP contribution in [0.2, 0.25) is 0 Å². The molecule has 0 bridgehead atoms. The van der Waals surface area contributed by atoms with Gasteiger partial charge in [-0.25, -0.2) is 0 Å². The van der Waals surface area contributed by atoms with E-state index in [2.05, 4.69) is 6.92 Å². The van der Waals surface area contributed by atoms with Crippen LogP contribution >= 0.6 is 0 Å².